The van der Waals surface area contributed by atoms with Gasteiger partial charge in [0.05, 0.1) is 5.02 Å². The zero-order valence-corrected chi connectivity index (χ0v) is 10.9. The number of hydrogen-bond donors (Lipinski definition) is 1. The largest absolute Gasteiger partial charge is 0.366 e. The molecule has 0 radical (unpaired) electrons. The first-order chi connectivity index (χ1) is 7.54. The molecule has 1 aliphatic carbocycles. The molecule has 0 bridgehead atoms. The number of halogens is 1. The summed E-state index contributed by atoms with van der Waals surface area (Å²) in [5, 5.41) is 4.17. The molecule has 1 aromatic heterocycles. The van der Waals surface area contributed by atoms with E-state index in [4.69, 9.17) is 11.6 Å². The van der Waals surface area contributed by atoms with Crippen molar-refractivity contribution >= 4 is 17.4 Å². The van der Waals surface area contributed by atoms with Gasteiger partial charge in [0, 0.05) is 12.2 Å². The van der Waals surface area contributed by atoms with Crippen LogP contribution >= 0.6 is 11.6 Å². The Morgan fingerprint density at radius 3 is 2.75 bits per heavy atom. The Hall–Kier alpha value is -0.760. The predicted octanol–water partition coefficient (Wildman–Crippen LogP) is 4.00. The van der Waals surface area contributed by atoms with Crippen molar-refractivity contribution < 1.29 is 0 Å². The van der Waals surface area contributed by atoms with E-state index in [1.54, 1.807) is 0 Å². The second-order valence-electron chi connectivity index (χ2n) is 5.18. The van der Waals surface area contributed by atoms with Gasteiger partial charge in [0.25, 0.3) is 0 Å². The summed E-state index contributed by atoms with van der Waals surface area (Å²) in [5.41, 5.74) is 1.30. The Kier molecular flexibility index (Phi) is 3.11. The van der Waals surface area contributed by atoms with Crippen molar-refractivity contribution in [1.82, 2.24) is 4.98 Å². The highest BCUT2D eigenvalue weighted by atomic mass is 35.5. The SMILES string of the molecule is CCC(C)(C)c1ccnc(NC2CC2)c1Cl. The van der Waals surface area contributed by atoms with Gasteiger partial charge in [-0.15, -0.1) is 0 Å². The molecule has 1 saturated carbocycles. The summed E-state index contributed by atoms with van der Waals surface area (Å²) in [6.07, 6.45) is 5.39. The normalized spacial score (nSPS) is 16.2. The maximum absolute atomic E-state index is 6.42. The van der Waals surface area contributed by atoms with E-state index in [9.17, 15) is 0 Å². The standard InChI is InChI=1S/C13H19ClN2/c1-4-13(2,3)10-7-8-15-12(11(10)14)16-9-5-6-9/h7-9H,4-6H2,1-3H3,(H,15,16). The third kappa shape index (κ3) is 2.32. The Balaban J connectivity index is 2.31. The zero-order valence-electron chi connectivity index (χ0n) is 10.2. The minimum Gasteiger partial charge on any atom is -0.366 e. The Morgan fingerprint density at radius 1 is 1.50 bits per heavy atom. The fourth-order valence-corrected chi connectivity index (χ4v) is 2.10. The van der Waals surface area contributed by atoms with Crippen LogP contribution in [0.4, 0.5) is 5.82 Å². The van der Waals surface area contributed by atoms with Gasteiger partial charge in [-0.25, -0.2) is 4.98 Å². The van der Waals surface area contributed by atoms with E-state index in [-0.39, 0.29) is 5.41 Å². The van der Waals surface area contributed by atoms with Crippen LogP contribution in [0.1, 0.15) is 45.6 Å². The van der Waals surface area contributed by atoms with Gasteiger partial charge >= 0.3 is 0 Å². The first kappa shape index (κ1) is 11.7. The Bertz CT molecular complexity index is 384. The highest BCUT2D eigenvalue weighted by molar-refractivity contribution is 6.33. The molecule has 16 heavy (non-hydrogen) atoms. The van der Waals surface area contributed by atoms with Crippen LogP contribution in [0.5, 0.6) is 0 Å². The third-order valence-corrected chi connectivity index (χ3v) is 3.80. The number of anilines is 1. The van der Waals surface area contributed by atoms with Crippen molar-refractivity contribution in [1.29, 1.82) is 0 Å². The van der Waals surface area contributed by atoms with Crippen molar-refractivity contribution in [3.05, 3.63) is 22.8 Å². The van der Waals surface area contributed by atoms with E-state index in [1.165, 1.54) is 18.4 Å². The third-order valence-electron chi connectivity index (χ3n) is 3.42. The van der Waals surface area contributed by atoms with E-state index in [0.29, 0.717) is 6.04 Å². The van der Waals surface area contributed by atoms with Gasteiger partial charge < -0.3 is 5.32 Å². The molecular weight excluding hydrogens is 220 g/mol. The van der Waals surface area contributed by atoms with Gasteiger partial charge in [-0.1, -0.05) is 32.4 Å². The fourth-order valence-electron chi connectivity index (χ4n) is 1.68. The molecular formula is C13H19ClN2. The molecule has 1 fully saturated rings. The smallest absolute Gasteiger partial charge is 0.145 e. The Morgan fingerprint density at radius 2 is 2.19 bits per heavy atom. The van der Waals surface area contributed by atoms with Gasteiger partial charge in [0.1, 0.15) is 5.82 Å². The number of pyridine rings is 1. The summed E-state index contributed by atoms with van der Waals surface area (Å²) in [7, 11) is 0. The average Bonchev–Trinajstić information content (AvgIpc) is 3.05. The molecule has 3 heteroatoms. The molecule has 1 heterocycles. The maximum Gasteiger partial charge on any atom is 0.145 e. The van der Waals surface area contributed by atoms with Gasteiger partial charge in [-0.3, -0.25) is 0 Å². The number of rotatable bonds is 4. The zero-order chi connectivity index (χ0) is 11.8. The van der Waals surface area contributed by atoms with E-state index in [0.717, 1.165) is 17.3 Å². The number of nitrogens with one attached hydrogen (secondary N) is 1. The molecule has 0 aromatic carbocycles. The molecule has 2 nitrogen and oxygen atoms in total. The molecule has 1 N–H and O–H groups in total. The van der Waals surface area contributed by atoms with Crippen molar-refractivity contribution in [2.45, 2.75) is 51.5 Å². The average molecular weight is 239 g/mol. The number of nitrogens with zero attached hydrogens (tertiary/aromatic N) is 1. The molecule has 88 valence electrons. The summed E-state index contributed by atoms with van der Waals surface area (Å²) >= 11 is 6.42. The summed E-state index contributed by atoms with van der Waals surface area (Å²) in [6, 6.07) is 2.62. The van der Waals surface area contributed by atoms with Crippen LogP contribution in [0.3, 0.4) is 0 Å². The summed E-state index contributed by atoms with van der Waals surface area (Å²) in [4.78, 5) is 4.32. The molecule has 1 aromatic rings. The number of aromatic nitrogens is 1. The molecule has 0 unspecified atom stereocenters. The summed E-state index contributed by atoms with van der Waals surface area (Å²) in [5.74, 6) is 0.850. The van der Waals surface area contributed by atoms with Crippen molar-refractivity contribution in [3.8, 4) is 0 Å². The lowest BCUT2D eigenvalue weighted by Gasteiger charge is -2.25. The highest BCUT2D eigenvalue weighted by Gasteiger charge is 2.26. The number of hydrogen-bond acceptors (Lipinski definition) is 2. The van der Waals surface area contributed by atoms with Gasteiger partial charge in [-0.2, -0.15) is 0 Å². The summed E-state index contributed by atoms with van der Waals surface area (Å²) < 4.78 is 0. The van der Waals surface area contributed by atoms with Gasteiger partial charge in [0.2, 0.25) is 0 Å². The van der Waals surface area contributed by atoms with Crippen molar-refractivity contribution in [2.75, 3.05) is 5.32 Å². The molecule has 2 rings (SSSR count). The topological polar surface area (TPSA) is 24.9 Å². The molecule has 0 aliphatic heterocycles. The van der Waals surface area contributed by atoms with Gasteiger partial charge in [0.15, 0.2) is 0 Å². The second-order valence-corrected chi connectivity index (χ2v) is 5.56. The molecule has 0 saturated heterocycles. The molecule has 1 aliphatic rings. The van der Waals surface area contributed by atoms with Gasteiger partial charge in [-0.05, 0) is 36.3 Å². The lowest BCUT2D eigenvalue weighted by atomic mass is 9.82. The highest BCUT2D eigenvalue weighted by Crippen LogP contribution is 2.37. The minimum atomic E-state index is 0.111. The Labute approximate surface area is 102 Å². The second kappa shape index (κ2) is 4.25. The van der Waals surface area contributed by atoms with E-state index >= 15 is 0 Å². The molecule has 0 atom stereocenters. The quantitative estimate of drug-likeness (QED) is 0.858. The van der Waals surface area contributed by atoms with Crippen LogP contribution in [0, 0.1) is 0 Å². The van der Waals surface area contributed by atoms with E-state index in [2.05, 4.69) is 31.1 Å². The van der Waals surface area contributed by atoms with Crippen LogP contribution in [0.2, 0.25) is 5.02 Å². The fraction of sp³-hybridized carbons (Fsp3) is 0.615. The minimum absolute atomic E-state index is 0.111. The van der Waals surface area contributed by atoms with Crippen LogP contribution < -0.4 is 5.32 Å². The first-order valence-electron chi connectivity index (χ1n) is 5.96. The van der Waals surface area contributed by atoms with Crippen LogP contribution in [0.25, 0.3) is 0 Å². The summed E-state index contributed by atoms with van der Waals surface area (Å²) in [6.45, 7) is 6.62. The molecule has 0 spiro atoms. The van der Waals surface area contributed by atoms with Crippen molar-refractivity contribution in [3.63, 3.8) is 0 Å². The van der Waals surface area contributed by atoms with Crippen LogP contribution in [0.15, 0.2) is 12.3 Å². The maximum atomic E-state index is 6.42. The van der Waals surface area contributed by atoms with Crippen molar-refractivity contribution in [2.24, 2.45) is 0 Å². The van der Waals surface area contributed by atoms with Crippen LogP contribution in [-0.2, 0) is 5.41 Å². The van der Waals surface area contributed by atoms with Crippen LogP contribution in [-0.4, -0.2) is 11.0 Å². The van der Waals surface area contributed by atoms with E-state index in [1.807, 2.05) is 12.3 Å². The lowest BCUT2D eigenvalue weighted by molar-refractivity contribution is 0.506. The predicted molar refractivity (Wildman–Crippen MR) is 69.2 cm³/mol. The first-order valence-corrected chi connectivity index (χ1v) is 6.34. The molecule has 0 amide bonds. The monoisotopic (exact) mass is 238 g/mol. The van der Waals surface area contributed by atoms with E-state index < -0.39 is 0 Å². The lowest BCUT2D eigenvalue weighted by Crippen LogP contribution is -2.17.